The zero-order valence-electron chi connectivity index (χ0n) is 8.42. The average molecular weight is 206 g/mol. The molecule has 5 heteroatoms. The van der Waals surface area contributed by atoms with Gasteiger partial charge in [0.05, 0.1) is 20.1 Å². The van der Waals surface area contributed by atoms with Gasteiger partial charge in [0.2, 0.25) is 0 Å². The zero-order valence-corrected chi connectivity index (χ0v) is 8.42. The molecule has 82 valence electrons. The van der Waals surface area contributed by atoms with Crippen LogP contribution in [0, 0.1) is 0 Å². The maximum absolute atomic E-state index is 12.9. The van der Waals surface area contributed by atoms with E-state index in [0.29, 0.717) is 0 Å². The number of ether oxygens (including phenoxy) is 2. The van der Waals surface area contributed by atoms with Gasteiger partial charge in [0.15, 0.2) is 0 Å². The number of halogens is 1. The Balaban J connectivity index is 3.57. The summed E-state index contributed by atoms with van der Waals surface area (Å²) in [5.74, 6) is -1.05. The van der Waals surface area contributed by atoms with Crippen LogP contribution in [-0.4, -0.2) is 31.8 Å². The van der Waals surface area contributed by atoms with Crippen molar-refractivity contribution in [2.75, 3.05) is 13.7 Å². The number of rotatable bonds is 6. The summed E-state index contributed by atoms with van der Waals surface area (Å²) in [7, 11) is 1.19. The van der Waals surface area contributed by atoms with Gasteiger partial charge < -0.3 is 9.47 Å². The summed E-state index contributed by atoms with van der Waals surface area (Å²) < 4.78 is 21.8. The molecule has 0 aliphatic heterocycles. The fourth-order valence-electron chi connectivity index (χ4n) is 0.874. The Morgan fingerprint density at radius 3 is 2.50 bits per heavy atom. The van der Waals surface area contributed by atoms with Gasteiger partial charge in [0.25, 0.3) is 0 Å². The van der Waals surface area contributed by atoms with E-state index in [9.17, 15) is 14.0 Å². The van der Waals surface area contributed by atoms with Crippen molar-refractivity contribution in [1.29, 1.82) is 0 Å². The molecule has 0 N–H and O–H groups in total. The van der Waals surface area contributed by atoms with Gasteiger partial charge in [-0.15, -0.1) is 0 Å². The highest BCUT2D eigenvalue weighted by atomic mass is 19.1. The van der Waals surface area contributed by atoms with Crippen molar-refractivity contribution in [3.8, 4) is 0 Å². The molecule has 1 atom stereocenters. The van der Waals surface area contributed by atoms with Gasteiger partial charge in [-0.2, -0.15) is 0 Å². The van der Waals surface area contributed by atoms with Gasteiger partial charge >= 0.3 is 11.9 Å². The first-order valence-corrected chi connectivity index (χ1v) is 4.46. The molecule has 0 saturated carbocycles. The van der Waals surface area contributed by atoms with E-state index in [4.69, 9.17) is 0 Å². The van der Waals surface area contributed by atoms with Crippen LogP contribution < -0.4 is 0 Å². The van der Waals surface area contributed by atoms with Crippen LogP contribution >= 0.6 is 0 Å². The molecule has 1 unspecified atom stereocenters. The lowest BCUT2D eigenvalue weighted by molar-refractivity contribution is -0.145. The van der Waals surface area contributed by atoms with Crippen molar-refractivity contribution in [2.45, 2.75) is 32.4 Å². The standard InChI is InChI=1S/C9H15FO4/c1-3-14-8(11)5-4-7(10)6-9(12)13-2/h7H,3-6H2,1-2H3. The van der Waals surface area contributed by atoms with Crippen molar-refractivity contribution in [1.82, 2.24) is 0 Å². The molecule has 0 saturated heterocycles. The van der Waals surface area contributed by atoms with Crippen LogP contribution in [-0.2, 0) is 19.1 Å². The molecule has 0 aliphatic rings. The van der Waals surface area contributed by atoms with Crippen molar-refractivity contribution in [2.24, 2.45) is 0 Å². The van der Waals surface area contributed by atoms with Crippen molar-refractivity contribution in [3.05, 3.63) is 0 Å². The minimum Gasteiger partial charge on any atom is -0.469 e. The van der Waals surface area contributed by atoms with E-state index >= 15 is 0 Å². The lowest BCUT2D eigenvalue weighted by Gasteiger charge is -2.05. The SMILES string of the molecule is CCOC(=O)CCC(F)CC(=O)OC. The van der Waals surface area contributed by atoms with Crippen LogP contribution in [0.2, 0.25) is 0 Å². The lowest BCUT2D eigenvalue weighted by atomic mass is 10.1. The third-order valence-corrected chi connectivity index (χ3v) is 1.58. The lowest BCUT2D eigenvalue weighted by Crippen LogP contribution is -2.13. The maximum atomic E-state index is 12.9. The molecule has 0 fully saturated rings. The first-order valence-electron chi connectivity index (χ1n) is 4.46. The summed E-state index contributed by atoms with van der Waals surface area (Å²) in [6, 6.07) is 0. The number of carbonyl (C=O) groups excluding carboxylic acids is 2. The molecule has 0 aromatic rings. The summed E-state index contributed by atoms with van der Waals surface area (Å²) in [5, 5.41) is 0. The second-order valence-electron chi connectivity index (χ2n) is 2.72. The Labute approximate surface area is 82.4 Å². The largest absolute Gasteiger partial charge is 0.469 e. The van der Waals surface area contributed by atoms with Crippen LogP contribution in [0.3, 0.4) is 0 Å². The predicted molar refractivity (Wildman–Crippen MR) is 47.4 cm³/mol. The highest BCUT2D eigenvalue weighted by Crippen LogP contribution is 2.08. The smallest absolute Gasteiger partial charge is 0.308 e. The summed E-state index contributed by atoms with van der Waals surface area (Å²) in [4.78, 5) is 21.4. The van der Waals surface area contributed by atoms with Crippen LogP contribution in [0.15, 0.2) is 0 Å². The Morgan fingerprint density at radius 2 is 2.00 bits per heavy atom. The fraction of sp³-hybridized carbons (Fsp3) is 0.778. The third-order valence-electron chi connectivity index (χ3n) is 1.58. The van der Waals surface area contributed by atoms with Gasteiger partial charge in [-0.05, 0) is 13.3 Å². The molecule has 0 rings (SSSR count). The Bertz CT molecular complexity index is 193. The molecule has 0 heterocycles. The average Bonchev–Trinajstić information content (AvgIpc) is 2.15. The Morgan fingerprint density at radius 1 is 1.36 bits per heavy atom. The highest BCUT2D eigenvalue weighted by Gasteiger charge is 2.14. The Hall–Kier alpha value is -1.13. The maximum Gasteiger partial charge on any atom is 0.308 e. The quantitative estimate of drug-likeness (QED) is 0.613. The fourth-order valence-corrected chi connectivity index (χ4v) is 0.874. The molecule has 0 aromatic carbocycles. The normalized spacial score (nSPS) is 11.9. The summed E-state index contributed by atoms with van der Waals surface area (Å²) in [5.41, 5.74) is 0. The van der Waals surface area contributed by atoms with E-state index in [1.807, 2.05) is 0 Å². The van der Waals surface area contributed by atoms with Crippen LogP contribution in [0.1, 0.15) is 26.2 Å². The van der Waals surface area contributed by atoms with E-state index in [1.165, 1.54) is 7.11 Å². The first-order chi connectivity index (χ1) is 6.60. The van der Waals surface area contributed by atoms with Gasteiger partial charge in [-0.1, -0.05) is 0 Å². The number of hydrogen-bond donors (Lipinski definition) is 0. The van der Waals surface area contributed by atoms with E-state index in [2.05, 4.69) is 9.47 Å². The van der Waals surface area contributed by atoms with Gasteiger partial charge in [0.1, 0.15) is 6.17 Å². The monoisotopic (exact) mass is 206 g/mol. The van der Waals surface area contributed by atoms with Crippen LogP contribution in [0.4, 0.5) is 4.39 Å². The van der Waals surface area contributed by atoms with Crippen molar-refractivity contribution >= 4 is 11.9 Å². The molecule has 0 bridgehead atoms. The van der Waals surface area contributed by atoms with Crippen LogP contribution in [0.5, 0.6) is 0 Å². The molecule has 0 aromatic heterocycles. The third kappa shape index (κ3) is 6.39. The summed E-state index contributed by atoms with van der Waals surface area (Å²) in [6.45, 7) is 1.96. The highest BCUT2D eigenvalue weighted by molar-refractivity contribution is 5.71. The van der Waals surface area contributed by atoms with E-state index in [-0.39, 0.29) is 25.9 Å². The number of esters is 2. The van der Waals surface area contributed by atoms with Crippen LogP contribution in [0.25, 0.3) is 0 Å². The second-order valence-corrected chi connectivity index (χ2v) is 2.72. The zero-order chi connectivity index (χ0) is 11.0. The van der Waals surface area contributed by atoms with Crippen molar-refractivity contribution in [3.63, 3.8) is 0 Å². The molecular weight excluding hydrogens is 191 g/mol. The molecule has 14 heavy (non-hydrogen) atoms. The molecule has 0 spiro atoms. The minimum atomic E-state index is -1.34. The first kappa shape index (κ1) is 12.9. The second kappa shape index (κ2) is 7.29. The summed E-state index contributed by atoms with van der Waals surface area (Å²) >= 11 is 0. The predicted octanol–water partition coefficient (Wildman–Crippen LogP) is 1.23. The van der Waals surface area contributed by atoms with E-state index < -0.39 is 18.1 Å². The van der Waals surface area contributed by atoms with Gasteiger partial charge in [-0.3, -0.25) is 9.59 Å². The van der Waals surface area contributed by atoms with E-state index in [1.54, 1.807) is 6.92 Å². The van der Waals surface area contributed by atoms with Gasteiger partial charge in [-0.25, -0.2) is 4.39 Å². The molecule has 0 radical (unpaired) electrons. The molecule has 0 aliphatic carbocycles. The number of carbonyl (C=O) groups is 2. The molecule has 0 amide bonds. The number of hydrogen-bond acceptors (Lipinski definition) is 4. The Kier molecular flexibility index (Phi) is 6.70. The molecule has 4 nitrogen and oxygen atoms in total. The summed E-state index contributed by atoms with van der Waals surface area (Å²) in [6.07, 6.45) is -1.66. The minimum absolute atomic E-state index is 0.00602. The topological polar surface area (TPSA) is 52.6 Å². The number of alkyl halides is 1. The van der Waals surface area contributed by atoms with Gasteiger partial charge in [0, 0.05) is 6.42 Å². The van der Waals surface area contributed by atoms with Crippen molar-refractivity contribution < 1.29 is 23.5 Å². The molecular formula is C9H15FO4. The number of methoxy groups -OCH3 is 1. The van der Waals surface area contributed by atoms with E-state index in [0.717, 1.165) is 0 Å².